The second-order valence-corrected chi connectivity index (χ2v) is 3.35. The summed E-state index contributed by atoms with van der Waals surface area (Å²) in [6.45, 7) is 2.02. The highest BCUT2D eigenvalue weighted by atomic mass is 16.5. The van der Waals surface area contributed by atoms with Gasteiger partial charge in [0.15, 0.2) is 0 Å². The summed E-state index contributed by atoms with van der Waals surface area (Å²) < 4.78 is 14.9. The second kappa shape index (κ2) is 6.54. The van der Waals surface area contributed by atoms with Gasteiger partial charge < -0.3 is 19.3 Å². The molecular weight excluding hydrogens is 236 g/mol. The van der Waals surface area contributed by atoms with Crippen LogP contribution in [0.5, 0.6) is 17.2 Å². The Hall–Kier alpha value is -2.17. The van der Waals surface area contributed by atoms with Crippen molar-refractivity contribution in [2.75, 3.05) is 20.8 Å². The molecule has 1 aromatic rings. The van der Waals surface area contributed by atoms with Crippen molar-refractivity contribution in [3.63, 3.8) is 0 Å². The average Bonchev–Trinajstić information content (AvgIpc) is 2.36. The molecule has 0 spiro atoms. The zero-order valence-electron chi connectivity index (χ0n) is 10.6. The lowest BCUT2D eigenvalue weighted by Crippen LogP contribution is -1.99. The lowest BCUT2D eigenvalue weighted by molar-refractivity contribution is -0.137. The molecule has 1 aromatic carbocycles. The Morgan fingerprint density at radius 2 is 2.06 bits per heavy atom. The van der Waals surface area contributed by atoms with Gasteiger partial charge in [0.05, 0.1) is 26.4 Å². The number of benzene rings is 1. The van der Waals surface area contributed by atoms with Crippen LogP contribution in [0.2, 0.25) is 0 Å². The molecule has 1 N–H and O–H groups in total. The molecule has 18 heavy (non-hydrogen) atoms. The highest BCUT2D eigenvalue weighted by molar-refractivity contribution is 5.88. The van der Waals surface area contributed by atoms with Crippen molar-refractivity contribution in [1.82, 2.24) is 0 Å². The van der Waals surface area contributed by atoms with Gasteiger partial charge in [0.1, 0.15) is 17.2 Å². The Balaban J connectivity index is 3.04. The quantitative estimate of drug-likeness (QED) is 0.641. The van der Waals surface area contributed by atoms with Crippen LogP contribution in [0.15, 0.2) is 18.2 Å². The molecule has 98 valence electrons. The maximum atomic E-state index is 11.2. The van der Waals surface area contributed by atoms with Crippen LogP contribution < -0.4 is 9.47 Å². The normalized spacial score (nSPS) is 10.4. The van der Waals surface area contributed by atoms with Gasteiger partial charge in [0.2, 0.25) is 0 Å². The number of methoxy groups -OCH3 is 2. The van der Waals surface area contributed by atoms with E-state index in [1.54, 1.807) is 13.0 Å². The molecule has 0 saturated heterocycles. The van der Waals surface area contributed by atoms with E-state index in [0.717, 1.165) is 0 Å². The van der Waals surface area contributed by atoms with Gasteiger partial charge in [0.25, 0.3) is 0 Å². The molecule has 0 aliphatic heterocycles. The van der Waals surface area contributed by atoms with Gasteiger partial charge in [-0.05, 0) is 13.0 Å². The van der Waals surface area contributed by atoms with Crippen LogP contribution in [0.1, 0.15) is 12.5 Å². The van der Waals surface area contributed by atoms with Gasteiger partial charge >= 0.3 is 5.97 Å². The molecule has 0 aliphatic carbocycles. The van der Waals surface area contributed by atoms with E-state index in [4.69, 9.17) is 14.2 Å². The standard InChI is InChI=1S/C13H16O5/c1-4-18-13(15)6-5-10-11(14)7-9(16-2)8-12(10)17-3/h5-8,14H,4H2,1-3H3. The molecule has 0 atom stereocenters. The number of ether oxygens (including phenoxy) is 3. The SMILES string of the molecule is CCOC(=O)C=Cc1c(O)cc(OC)cc1OC. The summed E-state index contributed by atoms with van der Waals surface area (Å²) in [5, 5.41) is 9.81. The number of phenolic OH excluding ortho intramolecular Hbond substituents is 1. The number of esters is 1. The van der Waals surface area contributed by atoms with E-state index < -0.39 is 5.97 Å². The minimum absolute atomic E-state index is 0.0354. The van der Waals surface area contributed by atoms with Crippen molar-refractivity contribution in [3.8, 4) is 17.2 Å². The third kappa shape index (κ3) is 3.41. The summed E-state index contributed by atoms with van der Waals surface area (Å²) in [6, 6.07) is 3.05. The minimum atomic E-state index is -0.477. The van der Waals surface area contributed by atoms with Crippen LogP contribution in [-0.2, 0) is 9.53 Å². The lowest BCUT2D eigenvalue weighted by atomic mass is 10.1. The maximum Gasteiger partial charge on any atom is 0.330 e. The third-order valence-electron chi connectivity index (χ3n) is 2.22. The summed E-state index contributed by atoms with van der Waals surface area (Å²) in [4.78, 5) is 11.2. The fourth-order valence-electron chi connectivity index (χ4n) is 1.38. The van der Waals surface area contributed by atoms with E-state index in [0.29, 0.717) is 23.7 Å². The Kier molecular flexibility index (Phi) is 5.05. The molecule has 0 bridgehead atoms. The molecular formula is C13H16O5. The van der Waals surface area contributed by atoms with Gasteiger partial charge in [-0.25, -0.2) is 4.79 Å². The van der Waals surface area contributed by atoms with Crippen LogP contribution in [-0.4, -0.2) is 31.9 Å². The highest BCUT2D eigenvalue weighted by Gasteiger charge is 2.09. The number of rotatable bonds is 5. The zero-order valence-corrected chi connectivity index (χ0v) is 10.6. The minimum Gasteiger partial charge on any atom is -0.507 e. The van der Waals surface area contributed by atoms with Gasteiger partial charge in [-0.2, -0.15) is 0 Å². The fourth-order valence-corrected chi connectivity index (χ4v) is 1.38. The van der Waals surface area contributed by atoms with Gasteiger partial charge in [0, 0.05) is 18.2 Å². The summed E-state index contributed by atoms with van der Waals surface area (Å²) in [5.74, 6) is 0.367. The van der Waals surface area contributed by atoms with E-state index in [2.05, 4.69) is 0 Å². The van der Waals surface area contributed by atoms with Gasteiger partial charge in [-0.15, -0.1) is 0 Å². The predicted molar refractivity (Wildman–Crippen MR) is 66.9 cm³/mol. The zero-order chi connectivity index (χ0) is 13.5. The van der Waals surface area contributed by atoms with E-state index in [-0.39, 0.29) is 5.75 Å². The van der Waals surface area contributed by atoms with Crippen LogP contribution in [0, 0.1) is 0 Å². The largest absolute Gasteiger partial charge is 0.507 e. The number of phenols is 1. The van der Waals surface area contributed by atoms with E-state index in [1.165, 1.54) is 32.4 Å². The van der Waals surface area contributed by atoms with E-state index >= 15 is 0 Å². The molecule has 0 saturated carbocycles. The third-order valence-corrected chi connectivity index (χ3v) is 2.22. The molecule has 0 heterocycles. The Morgan fingerprint density at radius 3 is 2.61 bits per heavy atom. The predicted octanol–water partition coefficient (Wildman–Crippen LogP) is 1.99. The number of carbonyl (C=O) groups is 1. The topological polar surface area (TPSA) is 65.0 Å². The molecule has 1 rings (SSSR count). The number of aromatic hydroxyl groups is 1. The van der Waals surface area contributed by atoms with Crippen molar-refractivity contribution in [3.05, 3.63) is 23.8 Å². The molecule has 0 aliphatic rings. The monoisotopic (exact) mass is 252 g/mol. The van der Waals surface area contributed by atoms with E-state index in [9.17, 15) is 9.90 Å². The molecule has 0 radical (unpaired) electrons. The van der Waals surface area contributed by atoms with Crippen LogP contribution in [0.25, 0.3) is 6.08 Å². The Morgan fingerprint density at radius 1 is 1.33 bits per heavy atom. The van der Waals surface area contributed by atoms with Crippen molar-refractivity contribution < 1.29 is 24.1 Å². The molecule has 0 fully saturated rings. The molecule has 0 amide bonds. The van der Waals surface area contributed by atoms with Crippen molar-refractivity contribution in [2.45, 2.75) is 6.92 Å². The summed E-state index contributed by atoms with van der Waals surface area (Å²) >= 11 is 0. The number of hydrogen-bond donors (Lipinski definition) is 1. The Bertz CT molecular complexity index is 451. The molecule has 0 unspecified atom stereocenters. The van der Waals surface area contributed by atoms with Crippen LogP contribution in [0.4, 0.5) is 0 Å². The van der Waals surface area contributed by atoms with E-state index in [1.807, 2.05) is 0 Å². The summed E-state index contributed by atoms with van der Waals surface area (Å²) in [7, 11) is 2.96. The summed E-state index contributed by atoms with van der Waals surface area (Å²) in [6.07, 6.45) is 2.67. The Labute approximate surface area is 106 Å². The smallest absolute Gasteiger partial charge is 0.330 e. The second-order valence-electron chi connectivity index (χ2n) is 3.35. The summed E-state index contributed by atoms with van der Waals surface area (Å²) in [5.41, 5.74) is 0.395. The van der Waals surface area contributed by atoms with Crippen molar-refractivity contribution in [2.24, 2.45) is 0 Å². The number of carbonyl (C=O) groups excluding carboxylic acids is 1. The highest BCUT2D eigenvalue weighted by Crippen LogP contribution is 2.34. The first-order chi connectivity index (χ1) is 8.62. The van der Waals surface area contributed by atoms with Gasteiger partial charge in [-0.3, -0.25) is 0 Å². The first-order valence-corrected chi connectivity index (χ1v) is 5.42. The maximum absolute atomic E-state index is 11.2. The van der Waals surface area contributed by atoms with Crippen LogP contribution >= 0.6 is 0 Å². The first kappa shape index (κ1) is 13.9. The molecule has 5 heteroatoms. The first-order valence-electron chi connectivity index (χ1n) is 5.42. The van der Waals surface area contributed by atoms with Crippen molar-refractivity contribution in [1.29, 1.82) is 0 Å². The lowest BCUT2D eigenvalue weighted by Gasteiger charge is -2.09. The molecule has 0 aromatic heterocycles. The average molecular weight is 252 g/mol. The molecule has 5 nitrogen and oxygen atoms in total. The van der Waals surface area contributed by atoms with Crippen LogP contribution in [0.3, 0.4) is 0 Å². The fraction of sp³-hybridized carbons (Fsp3) is 0.308. The number of hydrogen-bond acceptors (Lipinski definition) is 5. The van der Waals surface area contributed by atoms with Gasteiger partial charge in [-0.1, -0.05) is 0 Å². The van der Waals surface area contributed by atoms with Crippen molar-refractivity contribution >= 4 is 12.0 Å².